The van der Waals surface area contributed by atoms with Crippen molar-refractivity contribution in [1.29, 1.82) is 0 Å². The highest BCUT2D eigenvalue weighted by atomic mass is 16.2. The van der Waals surface area contributed by atoms with E-state index >= 15 is 0 Å². The number of amides is 1. The molecule has 8 nitrogen and oxygen atoms in total. The highest BCUT2D eigenvalue weighted by Crippen LogP contribution is 2.28. The summed E-state index contributed by atoms with van der Waals surface area (Å²) >= 11 is 0. The Morgan fingerprint density at radius 3 is 2.68 bits per heavy atom. The van der Waals surface area contributed by atoms with Crippen LogP contribution in [0.4, 0.5) is 5.82 Å². The lowest BCUT2D eigenvalue weighted by molar-refractivity contribution is -0.117. The summed E-state index contributed by atoms with van der Waals surface area (Å²) in [6.45, 7) is 3.74. The molecule has 1 aromatic carbocycles. The van der Waals surface area contributed by atoms with Gasteiger partial charge in [0.05, 0.1) is 22.9 Å². The summed E-state index contributed by atoms with van der Waals surface area (Å²) in [5.41, 5.74) is 5.46. The molecule has 2 N–H and O–H groups in total. The number of benzene rings is 1. The van der Waals surface area contributed by atoms with Crippen LogP contribution in [-0.2, 0) is 11.8 Å². The number of nitrogens with zero attached hydrogens (tertiary/aromatic N) is 4. The lowest BCUT2D eigenvalue weighted by Gasteiger charge is -2.12. The largest absolute Gasteiger partial charge is 0.311 e. The van der Waals surface area contributed by atoms with Crippen molar-refractivity contribution in [3.63, 3.8) is 0 Å². The number of aromatic nitrogens is 4. The van der Waals surface area contributed by atoms with Gasteiger partial charge in [-0.2, -0.15) is 0 Å². The van der Waals surface area contributed by atoms with E-state index in [0.29, 0.717) is 11.5 Å². The number of nitrogens with one attached hydrogen (secondary N) is 2. The summed E-state index contributed by atoms with van der Waals surface area (Å²) in [4.78, 5) is 33.8. The molecule has 4 aromatic heterocycles. The fourth-order valence-electron chi connectivity index (χ4n) is 4.21. The molecule has 4 heterocycles. The van der Waals surface area contributed by atoms with Crippen LogP contribution in [0.25, 0.3) is 27.8 Å². The van der Waals surface area contributed by atoms with Gasteiger partial charge in [0.15, 0.2) is 0 Å². The smallest absolute Gasteiger partial charge is 0.250 e. The molecule has 0 bridgehead atoms. The average Bonchev–Trinajstić information content (AvgIpc) is 3.24. The van der Waals surface area contributed by atoms with Gasteiger partial charge in [-0.25, -0.2) is 9.97 Å². The first kappa shape index (κ1) is 24.0. The first-order valence-electron chi connectivity index (χ1n) is 11.9. The van der Waals surface area contributed by atoms with Gasteiger partial charge in [0.25, 0.3) is 5.56 Å². The van der Waals surface area contributed by atoms with Crippen molar-refractivity contribution in [1.82, 2.24) is 24.3 Å². The number of carbonyl (C=O) groups excluding carboxylic acids is 1. The molecule has 0 saturated heterocycles. The number of fused-ring (bicyclic) bond motifs is 2. The minimum absolute atomic E-state index is 0.0602. The fourth-order valence-corrected chi connectivity index (χ4v) is 4.21. The lowest BCUT2D eigenvalue weighted by atomic mass is 10.1. The Kier molecular flexibility index (Phi) is 6.30. The molecule has 0 aliphatic rings. The molecule has 1 atom stereocenters. The second kappa shape index (κ2) is 9.72. The number of imidazole rings is 1. The van der Waals surface area contributed by atoms with Gasteiger partial charge in [-0.1, -0.05) is 12.0 Å². The number of hydrogen-bond donors (Lipinski definition) is 2. The van der Waals surface area contributed by atoms with E-state index in [2.05, 4.69) is 27.5 Å². The highest BCUT2D eigenvalue weighted by molar-refractivity contribution is 5.94. The van der Waals surface area contributed by atoms with E-state index in [-0.39, 0.29) is 17.5 Å². The maximum atomic E-state index is 12.5. The first-order chi connectivity index (χ1) is 17.9. The third-order valence-corrected chi connectivity index (χ3v) is 6.38. The van der Waals surface area contributed by atoms with Crippen LogP contribution in [0.15, 0.2) is 71.7 Å². The second-order valence-corrected chi connectivity index (χ2v) is 8.82. The Morgan fingerprint density at radius 2 is 1.86 bits per heavy atom. The molecule has 0 aliphatic heterocycles. The summed E-state index contributed by atoms with van der Waals surface area (Å²) in [5, 5.41) is 6.70. The zero-order chi connectivity index (χ0) is 26.1. The molecule has 0 aliphatic carbocycles. The molecule has 0 saturated carbocycles. The number of pyridine rings is 3. The summed E-state index contributed by atoms with van der Waals surface area (Å²) in [5.74, 6) is 6.67. The number of likely N-dealkylation sites (N-methyl/N-ethyl adjacent to an activating group) is 1. The van der Waals surface area contributed by atoms with Gasteiger partial charge < -0.3 is 15.2 Å². The molecule has 184 valence electrons. The third-order valence-electron chi connectivity index (χ3n) is 6.38. The molecule has 5 rings (SSSR count). The Balaban J connectivity index is 1.63. The Labute approximate surface area is 214 Å². The number of carbonyl (C=O) groups is 1. The molecule has 8 heteroatoms. The predicted molar refractivity (Wildman–Crippen MR) is 145 cm³/mol. The molecule has 1 amide bonds. The summed E-state index contributed by atoms with van der Waals surface area (Å²) in [7, 11) is 3.48. The van der Waals surface area contributed by atoms with Gasteiger partial charge in [0.2, 0.25) is 5.91 Å². The van der Waals surface area contributed by atoms with Gasteiger partial charge in [0.1, 0.15) is 17.2 Å². The van der Waals surface area contributed by atoms with E-state index in [1.54, 1.807) is 43.8 Å². The summed E-state index contributed by atoms with van der Waals surface area (Å²) in [6, 6.07) is 18.2. The maximum absolute atomic E-state index is 12.5. The van der Waals surface area contributed by atoms with Crippen LogP contribution in [0.2, 0.25) is 0 Å². The normalized spacial score (nSPS) is 11.8. The number of rotatable bonds is 4. The van der Waals surface area contributed by atoms with Crippen LogP contribution in [-0.4, -0.2) is 37.9 Å². The van der Waals surface area contributed by atoms with E-state index in [0.717, 1.165) is 39.1 Å². The predicted octanol–water partition coefficient (Wildman–Crippen LogP) is 3.50. The molecule has 0 radical (unpaired) electrons. The van der Waals surface area contributed by atoms with Gasteiger partial charge in [-0.15, -0.1) is 0 Å². The molecule has 0 unspecified atom stereocenters. The Hall–Kier alpha value is -4.74. The monoisotopic (exact) mass is 490 g/mol. The lowest BCUT2D eigenvalue weighted by Crippen LogP contribution is -2.35. The van der Waals surface area contributed by atoms with Crippen LogP contribution in [0.3, 0.4) is 0 Å². The SMILES string of the molecule is CN[C@@H](C)C(=O)Nc1ccc(-c2c(C)nc3ccccn23)c(C#Cc2ccc3c(ccc(=O)n3C)c2)n1. The standard InChI is InChI=1S/C29H26N6O2/c1-18-28(35-16-6-5-7-26(35)31-18)22-11-14-25(33-29(37)19(2)30-3)32-23(22)12-8-20-9-13-24-21(17-20)10-15-27(36)34(24)4/h5-7,9-11,13-17,19,30H,1-4H3,(H,32,33,37)/t19-/m0/s1. The van der Waals surface area contributed by atoms with E-state index in [4.69, 9.17) is 4.98 Å². The van der Waals surface area contributed by atoms with E-state index in [1.165, 1.54) is 0 Å². The van der Waals surface area contributed by atoms with Crippen molar-refractivity contribution in [3.05, 3.63) is 94.2 Å². The van der Waals surface area contributed by atoms with E-state index in [9.17, 15) is 9.59 Å². The van der Waals surface area contributed by atoms with Gasteiger partial charge in [-0.3, -0.25) is 14.0 Å². The van der Waals surface area contributed by atoms with Crippen molar-refractivity contribution < 1.29 is 4.79 Å². The molecular formula is C29H26N6O2. The number of aryl methyl sites for hydroxylation is 2. The maximum Gasteiger partial charge on any atom is 0.250 e. The topological polar surface area (TPSA) is 93.3 Å². The zero-order valence-corrected chi connectivity index (χ0v) is 21.0. The minimum Gasteiger partial charge on any atom is -0.311 e. The van der Waals surface area contributed by atoms with Gasteiger partial charge in [0, 0.05) is 30.4 Å². The highest BCUT2D eigenvalue weighted by Gasteiger charge is 2.17. The molecule has 0 fully saturated rings. The molecule has 37 heavy (non-hydrogen) atoms. The van der Waals surface area contributed by atoms with Crippen molar-refractivity contribution in [2.45, 2.75) is 19.9 Å². The second-order valence-electron chi connectivity index (χ2n) is 8.82. The average molecular weight is 491 g/mol. The molecule has 0 spiro atoms. The van der Waals surface area contributed by atoms with Crippen LogP contribution < -0.4 is 16.2 Å². The zero-order valence-electron chi connectivity index (χ0n) is 21.0. The van der Waals surface area contributed by atoms with Crippen molar-refractivity contribution in [3.8, 4) is 23.1 Å². The number of anilines is 1. The van der Waals surface area contributed by atoms with Crippen LogP contribution in [0.5, 0.6) is 0 Å². The van der Waals surface area contributed by atoms with E-state index < -0.39 is 0 Å². The molecular weight excluding hydrogens is 464 g/mol. The number of hydrogen-bond acceptors (Lipinski definition) is 5. The van der Waals surface area contributed by atoms with E-state index in [1.807, 2.05) is 60.0 Å². The summed E-state index contributed by atoms with van der Waals surface area (Å²) in [6.07, 6.45) is 1.96. The van der Waals surface area contributed by atoms with Crippen molar-refractivity contribution in [2.75, 3.05) is 12.4 Å². The van der Waals surface area contributed by atoms with Gasteiger partial charge >= 0.3 is 0 Å². The summed E-state index contributed by atoms with van der Waals surface area (Å²) < 4.78 is 3.62. The Morgan fingerprint density at radius 1 is 1.03 bits per heavy atom. The first-order valence-corrected chi connectivity index (χ1v) is 11.9. The minimum atomic E-state index is -0.370. The quantitative estimate of drug-likeness (QED) is 0.376. The molecule has 5 aromatic rings. The fraction of sp³-hybridized carbons (Fsp3) is 0.172. The van der Waals surface area contributed by atoms with Crippen LogP contribution in [0, 0.1) is 18.8 Å². The van der Waals surface area contributed by atoms with Crippen molar-refractivity contribution >= 4 is 28.3 Å². The Bertz CT molecular complexity index is 1790. The van der Waals surface area contributed by atoms with Gasteiger partial charge in [-0.05, 0) is 80.7 Å². The van der Waals surface area contributed by atoms with Crippen LogP contribution >= 0.6 is 0 Å². The van der Waals surface area contributed by atoms with Crippen molar-refractivity contribution in [2.24, 2.45) is 7.05 Å². The third kappa shape index (κ3) is 4.60. The van der Waals surface area contributed by atoms with Crippen LogP contribution in [0.1, 0.15) is 23.9 Å².